The topological polar surface area (TPSA) is 66.4 Å². The Morgan fingerprint density at radius 2 is 1.51 bits per heavy atom. The number of rotatable bonds is 8. The predicted molar refractivity (Wildman–Crippen MR) is 140 cm³/mol. The molecule has 35 heavy (non-hydrogen) atoms. The van der Waals surface area contributed by atoms with E-state index in [2.05, 4.69) is 26.4 Å². The van der Waals surface area contributed by atoms with Crippen molar-refractivity contribution >= 4 is 17.3 Å². The molecule has 3 aromatic rings. The van der Waals surface area contributed by atoms with Gasteiger partial charge in [-0.15, -0.1) is 0 Å². The van der Waals surface area contributed by atoms with E-state index in [0.717, 1.165) is 61.2 Å². The zero-order valence-electron chi connectivity index (χ0n) is 20.5. The maximum atomic E-state index is 12.5. The van der Waals surface area contributed by atoms with Crippen molar-refractivity contribution in [2.24, 2.45) is 5.10 Å². The largest absolute Gasteiger partial charge is 0.497 e. The van der Waals surface area contributed by atoms with E-state index in [1.807, 2.05) is 73.7 Å². The number of amides is 1. The minimum atomic E-state index is -0.227. The Kier molecular flexibility index (Phi) is 8.00. The van der Waals surface area contributed by atoms with Crippen LogP contribution in [-0.2, 0) is 6.54 Å². The van der Waals surface area contributed by atoms with E-state index >= 15 is 0 Å². The molecule has 1 aliphatic rings. The maximum Gasteiger partial charge on any atom is 0.271 e. The number of para-hydroxylation sites is 2. The Balaban J connectivity index is 1.28. The molecule has 4 rings (SSSR count). The first-order valence-electron chi connectivity index (χ1n) is 11.8. The molecular weight excluding hydrogens is 440 g/mol. The molecule has 1 amide bonds. The average Bonchev–Trinajstić information content (AvgIpc) is 2.92. The van der Waals surface area contributed by atoms with Crippen LogP contribution in [0.25, 0.3) is 0 Å². The van der Waals surface area contributed by atoms with Crippen LogP contribution >= 0.6 is 0 Å². The number of benzene rings is 3. The molecule has 0 aromatic heterocycles. The monoisotopic (exact) mass is 472 g/mol. The summed E-state index contributed by atoms with van der Waals surface area (Å²) in [4.78, 5) is 17.3. The van der Waals surface area contributed by atoms with Crippen LogP contribution in [0.3, 0.4) is 0 Å². The van der Waals surface area contributed by atoms with Gasteiger partial charge in [0.25, 0.3) is 5.91 Å². The van der Waals surface area contributed by atoms with Crippen LogP contribution < -0.4 is 19.8 Å². The van der Waals surface area contributed by atoms with Gasteiger partial charge in [0.1, 0.15) is 11.5 Å². The van der Waals surface area contributed by atoms with Gasteiger partial charge in [-0.05, 0) is 66.6 Å². The number of nitrogens with one attached hydrogen (secondary N) is 1. The maximum absolute atomic E-state index is 12.5. The van der Waals surface area contributed by atoms with Gasteiger partial charge in [0.2, 0.25) is 0 Å². The van der Waals surface area contributed by atoms with Crippen LogP contribution in [0.2, 0.25) is 0 Å². The van der Waals surface area contributed by atoms with Crippen LogP contribution in [0.4, 0.5) is 5.69 Å². The third-order valence-electron chi connectivity index (χ3n) is 6.25. The lowest BCUT2D eigenvalue weighted by Gasteiger charge is -2.36. The first kappa shape index (κ1) is 24.3. The van der Waals surface area contributed by atoms with Crippen molar-refractivity contribution in [1.82, 2.24) is 10.3 Å². The van der Waals surface area contributed by atoms with Gasteiger partial charge in [-0.2, -0.15) is 5.10 Å². The molecule has 7 heteroatoms. The minimum absolute atomic E-state index is 0.227. The third-order valence-corrected chi connectivity index (χ3v) is 6.25. The number of piperazine rings is 1. The highest BCUT2D eigenvalue weighted by Crippen LogP contribution is 2.28. The SMILES string of the molecule is COc1ccc(/C(C)=N\NC(=O)c2ccc(CN3CCN(c4ccccc4OC)CC3)cc2)cc1. The van der Waals surface area contributed by atoms with Gasteiger partial charge < -0.3 is 14.4 Å². The second-order valence-corrected chi connectivity index (χ2v) is 8.50. The molecule has 1 heterocycles. The number of hydrogen-bond acceptors (Lipinski definition) is 6. The molecule has 7 nitrogen and oxygen atoms in total. The number of carbonyl (C=O) groups is 1. The Bertz CT molecular complexity index is 1150. The highest BCUT2D eigenvalue weighted by Gasteiger charge is 2.19. The summed E-state index contributed by atoms with van der Waals surface area (Å²) in [5.41, 5.74) is 7.22. The summed E-state index contributed by atoms with van der Waals surface area (Å²) >= 11 is 0. The number of carbonyl (C=O) groups excluding carboxylic acids is 1. The lowest BCUT2D eigenvalue weighted by atomic mass is 10.1. The Labute approximate surface area is 207 Å². The standard InChI is InChI=1S/C28H32N4O3/c1-21(23-12-14-25(34-2)15-13-23)29-30-28(33)24-10-8-22(9-11-24)20-31-16-18-32(19-17-31)26-6-4-5-7-27(26)35-3/h4-15H,16-20H2,1-3H3,(H,30,33)/b29-21-. The van der Waals surface area contributed by atoms with E-state index < -0.39 is 0 Å². The normalized spacial score (nSPS) is 14.5. The molecule has 1 N–H and O–H groups in total. The van der Waals surface area contributed by atoms with Gasteiger partial charge in [0.05, 0.1) is 25.6 Å². The second-order valence-electron chi connectivity index (χ2n) is 8.50. The summed E-state index contributed by atoms with van der Waals surface area (Å²) < 4.78 is 10.7. The molecule has 3 aromatic carbocycles. The van der Waals surface area contributed by atoms with Gasteiger partial charge in [-0.3, -0.25) is 9.69 Å². The zero-order chi connectivity index (χ0) is 24.6. The molecular formula is C28H32N4O3. The highest BCUT2D eigenvalue weighted by atomic mass is 16.5. The Morgan fingerprint density at radius 1 is 0.857 bits per heavy atom. The molecule has 0 spiro atoms. The minimum Gasteiger partial charge on any atom is -0.497 e. The summed E-state index contributed by atoms with van der Waals surface area (Å²) in [6.07, 6.45) is 0. The zero-order valence-corrected chi connectivity index (χ0v) is 20.5. The molecule has 1 fully saturated rings. The van der Waals surface area contributed by atoms with Crippen molar-refractivity contribution in [3.63, 3.8) is 0 Å². The summed E-state index contributed by atoms with van der Waals surface area (Å²) in [6.45, 7) is 6.56. The van der Waals surface area contributed by atoms with Crippen molar-refractivity contribution in [2.75, 3.05) is 45.3 Å². The first-order valence-corrected chi connectivity index (χ1v) is 11.8. The van der Waals surface area contributed by atoms with Crippen LogP contribution in [-0.4, -0.2) is 56.9 Å². The van der Waals surface area contributed by atoms with Gasteiger partial charge in [0.15, 0.2) is 0 Å². The second kappa shape index (κ2) is 11.5. The van der Waals surface area contributed by atoms with E-state index in [4.69, 9.17) is 9.47 Å². The van der Waals surface area contributed by atoms with Gasteiger partial charge in [-0.25, -0.2) is 5.43 Å². The van der Waals surface area contributed by atoms with Crippen LogP contribution in [0.1, 0.15) is 28.4 Å². The van der Waals surface area contributed by atoms with Crippen molar-refractivity contribution in [3.8, 4) is 11.5 Å². The fraction of sp³-hybridized carbons (Fsp3) is 0.286. The average molecular weight is 473 g/mol. The number of nitrogens with zero attached hydrogens (tertiary/aromatic N) is 3. The van der Waals surface area contributed by atoms with E-state index in [-0.39, 0.29) is 5.91 Å². The number of anilines is 1. The molecule has 0 atom stereocenters. The quantitative estimate of drug-likeness (QED) is 0.394. The smallest absolute Gasteiger partial charge is 0.271 e. The molecule has 0 radical (unpaired) electrons. The number of methoxy groups -OCH3 is 2. The Morgan fingerprint density at radius 3 is 2.17 bits per heavy atom. The molecule has 182 valence electrons. The molecule has 1 aliphatic heterocycles. The Hall–Kier alpha value is -3.84. The van der Waals surface area contributed by atoms with Crippen molar-refractivity contribution < 1.29 is 14.3 Å². The van der Waals surface area contributed by atoms with Gasteiger partial charge in [-0.1, -0.05) is 24.3 Å². The summed E-state index contributed by atoms with van der Waals surface area (Å²) in [5, 5.41) is 4.24. The van der Waals surface area contributed by atoms with E-state index in [9.17, 15) is 4.79 Å². The third kappa shape index (κ3) is 6.19. The molecule has 0 unspecified atom stereocenters. The van der Waals surface area contributed by atoms with Crippen molar-refractivity contribution in [2.45, 2.75) is 13.5 Å². The molecule has 0 saturated carbocycles. The van der Waals surface area contributed by atoms with Gasteiger partial charge >= 0.3 is 0 Å². The summed E-state index contributed by atoms with van der Waals surface area (Å²) in [7, 11) is 3.35. The summed E-state index contributed by atoms with van der Waals surface area (Å²) in [5.74, 6) is 1.47. The lowest BCUT2D eigenvalue weighted by Crippen LogP contribution is -2.46. The summed E-state index contributed by atoms with van der Waals surface area (Å²) in [6, 6.07) is 23.5. The lowest BCUT2D eigenvalue weighted by molar-refractivity contribution is 0.0955. The molecule has 0 bridgehead atoms. The molecule has 0 aliphatic carbocycles. The fourth-order valence-electron chi connectivity index (χ4n) is 4.15. The number of ether oxygens (including phenoxy) is 2. The fourth-order valence-corrected chi connectivity index (χ4v) is 4.15. The van der Waals surface area contributed by atoms with Crippen molar-refractivity contribution in [3.05, 3.63) is 89.5 Å². The predicted octanol–water partition coefficient (Wildman–Crippen LogP) is 4.18. The van der Waals surface area contributed by atoms with Crippen LogP contribution in [0, 0.1) is 0 Å². The van der Waals surface area contributed by atoms with Crippen LogP contribution in [0.15, 0.2) is 77.9 Å². The van der Waals surface area contributed by atoms with E-state index in [1.54, 1.807) is 14.2 Å². The van der Waals surface area contributed by atoms with Gasteiger partial charge in [0, 0.05) is 38.3 Å². The first-order chi connectivity index (χ1) is 17.1. The van der Waals surface area contributed by atoms with E-state index in [1.165, 1.54) is 5.56 Å². The van der Waals surface area contributed by atoms with E-state index in [0.29, 0.717) is 5.56 Å². The van der Waals surface area contributed by atoms with Crippen LogP contribution in [0.5, 0.6) is 11.5 Å². The number of hydrogen-bond donors (Lipinski definition) is 1. The number of hydrazone groups is 1. The molecule has 1 saturated heterocycles. The van der Waals surface area contributed by atoms with Crippen molar-refractivity contribution in [1.29, 1.82) is 0 Å². The highest BCUT2D eigenvalue weighted by molar-refractivity contribution is 6.00.